The molecule has 8 aromatic rings. The first kappa shape index (κ1) is 53.0. The number of aliphatic hydroxyl groups excluding tert-OH is 2. The number of nitrogens with zero attached hydrogens (tertiary/aromatic N) is 11. The lowest BCUT2D eigenvalue weighted by Gasteiger charge is -2.27. The van der Waals surface area contributed by atoms with Crippen molar-refractivity contribution >= 4 is 34.2 Å². The van der Waals surface area contributed by atoms with Crippen molar-refractivity contribution in [3.8, 4) is 34.2 Å². The second-order valence-electron chi connectivity index (χ2n) is 15.2. The molecule has 6 heterocycles. The molecule has 0 aliphatic heterocycles. The zero-order valence-corrected chi connectivity index (χ0v) is 39.6. The van der Waals surface area contributed by atoms with Crippen molar-refractivity contribution < 1.29 is 19.0 Å². The Morgan fingerprint density at radius 3 is 1.48 bits per heavy atom. The number of anilines is 2. The lowest BCUT2D eigenvalue weighted by molar-refractivity contribution is 0.276. The standard InChI is InChI=1S/C24H25FN6O.C23H23FN6O.CH3I.2CH4/c1-15-11-21(20-9-10-23(22(13-32)27-20)31-12-16(2)26-14-31)28-29-24(15)30(4)17(3)18-5-7-19(25)8-6-18;1-14-10-20(28-29-23(14)26-16(3)17-4-6-18(24)7-5-17)19-8-9-22(21(12-31)27-19)30-11-15(2)25-13-30;1-2;;/h5-12,14,17,32H,13H2,1-4H3;4-11,13,16,31H,12H2,1-3H3,(H,26,29);1H3;2*1H4/t17-;16-;;;/m00.../s1. The summed E-state index contributed by atoms with van der Waals surface area (Å²) in [5.41, 5.74) is 10.6. The van der Waals surface area contributed by atoms with Crippen molar-refractivity contribution in [1.82, 2.24) is 49.5 Å². The third-order valence-corrected chi connectivity index (χ3v) is 10.6. The van der Waals surface area contributed by atoms with E-state index in [1.807, 2.05) is 116 Å². The van der Waals surface area contributed by atoms with Crippen molar-refractivity contribution in [3.05, 3.63) is 167 Å². The fourth-order valence-electron chi connectivity index (χ4n) is 6.98. The number of nitrogens with one attached hydrogen (secondary N) is 1. The minimum Gasteiger partial charge on any atom is -0.390 e. The topological polar surface area (TPSA) is 169 Å². The molecule has 6 aromatic heterocycles. The fourth-order valence-corrected chi connectivity index (χ4v) is 6.98. The molecule has 0 saturated carbocycles. The highest BCUT2D eigenvalue weighted by Gasteiger charge is 2.19. The van der Waals surface area contributed by atoms with Gasteiger partial charge in [-0.05, 0) is 129 Å². The van der Waals surface area contributed by atoms with Crippen LogP contribution in [0.15, 0.2) is 110 Å². The predicted molar refractivity (Wildman–Crippen MR) is 271 cm³/mol. The van der Waals surface area contributed by atoms with E-state index in [1.165, 1.54) is 24.3 Å². The van der Waals surface area contributed by atoms with E-state index in [0.29, 0.717) is 40.0 Å². The summed E-state index contributed by atoms with van der Waals surface area (Å²) >= 11 is 2.15. The quantitative estimate of drug-likeness (QED) is 0.0783. The smallest absolute Gasteiger partial charge is 0.154 e. The molecule has 0 spiro atoms. The molecule has 8 rings (SSSR count). The molecule has 0 fully saturated rings. The first-order valence-corrected chi connectivity index (χ1v) is 22.8. The maximum Gasteiger partial charge on any atom is 0.154 e. The number of halogens is 3. The van der Waals surface area contributed by atoms with Crippen molar-refractivity contribution in [2.24, 2.45) is 0 Å². The van der Waals surface area contributed by atoms with Crippen LogP contribution in [-0.2, 0) is 13.2 Å². The van der Waals surface area contributed by atoms with Gasteiger partial charge in [0.2, 0.25) is 0 Å². The number of pyridine rings is 2. The Labute approximate surface area is 405 Å². The number of alkyl halides is 1. The summed E-state index contributed by atoms with van der Waals surface area (Å²) in [4.78, 5) is 21.6. The molecule has 2 aromatic carbocycles. The van der Waals surface area contributed by atoms with Gasteiger partial charge in [0.05, 0.1) is 83.5 Å². The molecular formula is C50H59F2IN12O2. The third kappa shape index (κ3) is 12.9. The third-order valence-electron chi connectivity index (χ3n) is 10.6. The number of aliphatic hydroxyl groups is 2. The maximum absolute atomic E-state index is 13.3. The van der Waals surface area contributed by atoms with Gasteiger partial charge in [0.15, 0.2) is 11.6 Å². The number of aromatic nitrogens is 10. The van der Waals surface area contributed by atoms with Crippen LogP contribution in [0.3, 0.4) is 0 Å². The monoisotopic (exact) mass is 1020 g/mol. The first-order chi connectivity index (χ1) is 31.3. The number of imidazole rings is 2. The van der Waals surface area contributed by atoms with Gasteiger partial charge in [0, 0.05) is 19.4 Å². The molecule has 0 unspecified atom stereocenters. The normalized spacial score (nSPS) is 11.4. The highest BCUT2D eigenvalue weighted by atomic mass is 127. The summed E-state index contributed by atoms with van der Waals surface area (Å²) in [6.07, 6.45) is 7.15. The van der Waals surface area contributed by atoms with Gasteiger partial charge >= 0.3 is 0 Å². The summed E-state index contributed by atoms with van der Waals surface area (Å²) in [5, 5.41) is 40.5. The summed E-state index contributed by atoms with van der Waals surface area (Å²) in [6.45, 7) is 11.3. The van der Waals surface area contributed by atoms with Crippen LogP contribution in [0.2, 0.25) is 0 Å². The largest absolute Gasteiger partial charge is 0.390 e. The van der Waals surface area contributed by atoms with Gasteiger partial charge in [0.1, 0.15) is 23.0 Å². The number of hydrogen-bond donors (Lipinski definition) is 3. The number of benzene rings is 2. The number of hydrogen-bond acceptors (Lipinski definition) is 12. The highest BCUT2D eigenvalue weighted by Crippen LogP contribution is 2.29. The molecule has 0 aliphatic carbocycles. The number of rotatable bonds is 12. The molecule has 352 valence electrons. The second-order valence-corrected chi connectivity index (χ2v) is 15.2. The lowest BCUT2D eigenvalue weighted by Crippen LogP contribution is -2.24. The van der Waals surface area contributed by atoms with Crippen LogP contribution in [0.1, 0.15) is 85.8 Å². The minimum atomic E-state index is -0.264. The van der Waals surface area contributed by atoms with Gasteiger partial charge in [-0.2, -0.15) is 0 Å². The summed E-state index contributed by atoms with van der Waals surface area (Å²) < 4.78 is 30.1. The molecule has 17 heteroatoms. The second kappa shape index (κ2) is 24.3. The van der Waals surface area contributed by atoms with Crippen molar-refractivity contribution in [1.29, 1.82) is 0 Å². The molecule has 0 bridgehead atoms. The molecule has 3 N–H and O–H groups in total. The Kier molecular flexibility index (Phi) is 19.2. The van der Waals surface area contributed by atoms with Crippen LogP contribution in [0.5, 0.6) is 0 Å². The summed E-state index contributed by atoms with van der Waals surface area (Å²) in [6, 6.07) is 24.1. The molecule has 0 radical (unpaired) electrons. The molecule has 0 amide bonds. The Morgan fingerprint density at radius 2 is 1.06 bits per heavy atom. The minimum absolute atomic E-state index is 0. The summed E-state index contributed by atoms with van der Waals surface area (Å²) in [5.74, 6) is 0.861. The van der Waals surface area contributed by atoms with Crippen LogP contribution in [0.4, 0.5) is 20.4 Å². The van der Waals surface area contributed by atoms with E-state index in [-0.39, 0.29) is 51.8 Å². The first-order valence-electron chi connectivity index (χ1n) is 20.6. The van der Waals surface area contributed by atoms with E-state index < -0.39 is 0 Å². The van der Waals surface area contributed by atoms with Gasteiger partial charge in [-0.3, -0.25) is 0 Å². The number of aryl methyl sites for hydroxylation is 4. The van der Waals surface area contributed by atoms with Crippen LogP contribution < -0.4 is 10.2 Å². The molecule has 0 saturated heterocycles. The van der Waals surface area contributed by atoms with Gasteiger partial charge in [-0.1, -0.05) is 61.7 Å². The Balaban J connectivity index is 0.000000274. The van der Waals surface area contributed by atoms with Crippen LogP contribution in [-0.4, -0.2) is 71.7 Å². The van der Waals surface area contributed by atoms with Gasteiger partial charge in [-0.15, -0.1) is 20.4 Å². The van der Waals surface area contributed by atoms with E-state index in [1.54, 1.807) is 36.9 Å². The van der Waals surface area contributed by atoms with Crippen molar-refractivity contribution in [2.75, 3.05) is 22.2 Å². The molecular weight excluding hydrogens is 966 g/mol. The van der Waals surface area contributed by atoms with Crippen molar-refractivity contribution in [3.63, 3.8) is 0 Å². The average molecular weight is 1030 g/mol. The lowest BCUT2D eigenvalue weighted by atomic mass is 10.1. The van der Waals surface area contributed by atoms with E-state index in [2.05, 4.69) is 68.2 Å². The predicted octanol–water partition coefficient (Wildman–Crippen LogP) is 10.6. The van der Waals surface area contributed by atoms with E-state index in [4.69, 9.17) is 0 Å². The van der Waals surface area contributed by atoms with Crippen molar-refractivity contribution in [2.45, 2.75) is 81.7 Å². The molecule has 0 aliphatic rings. The van der Waals surface area contributed by atoms with Crippen LogP contribution >= 0.6 is 22.6 Å². The van der Waals surface area contributed by atoms with Crippen LogP contribution in [0, 0.1) is 39.3 Å². The Hall–Kier alpha value is -6.57. The fraction of sp³-hybridized carbons (Fsp3) is 0.280. The van der Waals surface area contributed by atoms with E-state index in [9.17, 15) is 19.0 Å². The van der Waals surface area contributed by atoms with E-state index >= 15 is 0 Å². The highest BCUT2D eigenvalue weighted by molar-refractivity contribution is 14.1. The zero-order valence-electron chi connectivity index (χ0n) is 37.4. The van der Waals surface area contributed by atoms with Gasteiger partial charge in [-0.25, -0.2) is 28.7 Å². The zero-order chi connectivity index (χ0) is 46.8. The Morgan fingerprint density at radius 1 is 0.612 bits per heavy atom. The molecule has 2 atom stereocenters. The summed E-state index contributed by atoms with van der Waals surface area (Å²) in [7, 11) is 1.94. The maximum atomic E-state index is 13.3. The average Bonchev–Trinajstić information content (AvgIpc) is 3.97. The van der Waals surface area contributed by atoms with Crippen LogP contribution in [0.25, 0.3) is 34.2 Å². The van der Waals surface area contributed by atoms with Gasteiger partial charge < -0.3 is 29.6 Å². The van der Waals surface area contributed by atoms with E-state index in [0.717, 1.165) is 50.8 Å². The Bertz CT molecular complexity index is 2840. The molecule has 67 heavy (non-hydrogen) atoms. The molecule has 14 nitrogen and oxygen atoms in total. The van der Waals surface area contributed by atoms with Gasteiger partial charge in [0.25, 0.3) is 0 Å². The SMILES string of the molecule is C.C.CI.Cc1cn(-c2ccc(-c3cc(C)c(N(C)[C@@H](C)c4ccc(F)cc4)nn3)nc2CO)cn1.Cc1cn(-c2ccc(-c3cc(C)c(N[C@@H](C)c4ccc(F)cc4)nn3)nc2CO)cn1.